The van der Waals surface area contributed by atoms with Gasteiger partial charge in [0.2, 0.25) is 0 Å². The van der Waals surface area contributed by atoms with E-state index in [0.29, 0.717) is 24.7 Å². The van der Waals surface area contributed by atoms with Crippen molar-refractivity contribution in [3.05, 3.63) is 77.9 Å². The van der Waals surface area contributed by atoms with E-state index in [4.69, 9.17) is 9.47 Å². The quantitative estimate of drug-likeness (QED) is 0.238. The van der Waals surface area contributed by atoms with E-state index in [9.17, 15) is 14.7 Å². The van der Waals surface area contributed by atoms with Gasteiger partial charge >= 0.3 is 12.1 Å². The molecule has 254 valence electrons. The van der Waals surface area contributed by atoms with Gasteiger partial charge in [-0.3, -0.25) is 5.01 Å². The van der Waals surface area contributed by atoms with Crippen molar-refractivity contribution in [1.82, 2.24) is 30.6 Å². The van der Waals surface area contributed by atoms with Gasteiger partial charge in [-0.05, 0) is 88.3 Å². The van der Waals surface area contributed by atoms with Crippen molar-refractivity contribution >= 4 is 12.1 Å². The van der Waals surface area contributed by atoms with Crippen LogP contribution in [0, 0.1) is 11.8 Å². The molecule has 48 heavy (non-hydrogen) atoms. The summed E-state index contributed by atoms with van der Waals surface area (Å²) in [6.07, 6.45) is 10.5. The molecule has 2 aromatic carbocycles. The number of aromatic nitrogens is 2. The monoisotopic (exact) mass is 654 g/mol. The van der Waals surface area contributed by atoms with Crippen LogP contribution in [0.4, 0.5) is 4.79 Å². The molecule has 0 unspecified atom stereocenters. The molecule has 2 aliphatic carbocycles. The maximum atomic E-state index is 12.4. The summed E-state index contributed by atoms with van der Waals surface area (Å²) >= 11 is 0. The first-order chi connectivity index (χ1) is 23.0. The summed E-state index contributed by atoms with van der Waals surface area (Å²) in [4.78, 5) is 26.4. The zero-order valence-corrected chi connectivity index (χ0v) is 28.2. The van der Waals surface area contributed by atoms with E-state index in [2.05, 4.69) is 47.2 Å². The molecule has 0 radical (unpaired) electrons. The summed E-state index contributed by atoms with van der Waals surface area (Å²) in [5, 5.41) is 16.7. The lowest BCUT2D eigenvalue weighted by atomic mass is 9.86. The Kier molecular flexibility index (Phi) is 8.57. The molecule has 2 saturated carbocycles. The Bertz CT molecular complexity index is 1700. The third-order valence-electron chi connectivity index (χ3n) is 9.99. The van der Waals surface area contributed by atoms with Crippen LogP contribution in [-0.4, -0.2) is 67.7 Å². The fourth-order valence-electron chi connectivity index (χ4n) is 7.24. The number of carboxylic acids is 1. The first-order valence-electron chi connectivity index (χ1n) is 17.2. The van der Waals surface area contributed by atoms with Gasteiger partial charge in [-0.15, -0.1) is 5.53 Å². The van der Waals surface area contributed by atoms with Crippen molar-refractivity contribution in [1.29, 1.82) is 0 Å². The zero-order chi connectivity index (χ0) is 33.6. The molecule has 3 N–H and O–H groups in total. The Balaban J connectivity index is 1.05. The van der Waals surface area contributed by atoms with Gasteiger partial charge in [0.1, 0.15) is 16.9 Å². The predicted octanol–water partition coefficient (Wildman–Crippen LogP) is 6.47. The minimum atomic E-state index is -0.986. The highest BCUT2D eigenvalue weighted by atomic mass is 16.6. The van der Waals surface area contributed by atoms with E-state index < -0.39 is 11.6 Å². The highest BCUT2D eigenvalue weighted by Gasteiger charge is 2.48. The summed E-state index contributed by atoms with van der Waals surface area (Å²) in [7, 11) is 0. The Morgan fingerprint density at radius 3 is 2.46 bits per heavy atom. The average molecular weight is 655 g/mol. The fraction of sp³-hybridized carbons (Fsp3) is 0.486. The second kappa shape index (κ2) is 12.8. The molecule has 3 fully saturated rings. The van der Waals surface area contributed by atoms with Gasteiger partial charge in [-0.1, -0.05) is 43.5 Å². The zero-order valence-electron chi connectivity index (χ0n) is 28.2. The molecule has 4 aliphatic rings. The molecule has 1 aromatic heterocycles. The van der Waals surface area contributed by atoms with Crippen molar-refractivity contribution in [2.45, 2.75) is 89.9 Å². The molecule has 3 heterocycles. The molecule has 11 nitrogen and oxygen atoms in total. The topological polar surface area (TPSA) is 121 Å². The number of nitrogens with one attached hydrogen (secondary N) is 2. The van der Waals surface area contributed by atoms with Crippen LogP contribution < -0.4 is 15.7 Å². The molecular weight excluding hydrogens is 608 g/mol. The molecule has 0 spiro atoms. The summed E-state index contributed by atoms with van der Waals surface area (Å²) in [6, 6.07) is 16.4. The highest BCUT2D eigenvalue weighted by Crippen LogP contribution is 2.53. The maximum absolute atomic E-state index is 12.4. The number of benzene rings is 2. The van der Waals surface area contributed by atoms with E-state index in [1.165, 1.54) is 38.3 Å². The summed E-state index contributed by atoms with van der Waals surface area (Å²) in [5.41, 5.74) is 10.7. The molecule has 11 heteroatoms. The van der Waals surface area contributed by atoms with Crippen LogP contribution in [0.15, 0.2) is 66.6 Å². The van der Waals surface area contributed by atoms with Crippen LogP contribution in [0.1, 0.15) is 88.2 Å². The number of ether oxygens (including phenoxy) is 2. The fourth-order valence-corrected chi connectivity index (χ4v) is 7.24. The van der Waals surface area contributed by atoms with Crippen LogP contribution in [0.3, 0.4) is 0 Å². The molecule has 7 rings (SSSR count). The van der Waals surface area contributed by atoms with Crippen molar-refractivity contribution < 1.29 is 24.2 Å². The molecule has 1 saturated heterocycles. The number of hydrogen-bond acceptors (Lipinski definition) is 8. The second-order valence-corrected chi connectivity index (χ2v) is 14.7. The van der Waals surface area contributed by atoms with E-state index in [1.54, 1.807) is 9.58 Å². The van der Waals surface area contributed by atoms with Gasteiger partial charge in [0, 0.05) is 36.8 Å². The number of rotatable bonds is 9. The van der Waals surface area contributed by atoms with E-state index >= 15 is 0 Å². The minimum absolute atomic E-state index is 0.0135. The van der Waals surface area contributed by atoms with Crippen molar-refractivity contribution in [2.24, 2.45) is 11.8 Å². The number of hydrazine groups is 2. The molecule has 2 aliphatic heterocycles. The largest absolute Gasteiger partial charge is 0.490 e. The Hall–Kier alpha value is -4.51. The predicted molar refractivity (Wildman–Crippen MR) is 181 cm³/mol. The number of hydrogen-bond donors (Lipinski definition) is 3. The lowest BCUT2D eigenvalue weighted by Crippen LogP contribution is -2.63. The first kappa shape index (κ1) is 32.1. The van der Waals surface area contributed by atoms with Gasteiger partial charge < -0.3 is 24.9 Å². The second-order valence-electron chi connectivity index (χ2n) is 14.7. The highest BCUT2D eigenvalue weighted by molar-refractivity contribution is 5.89. The molecule has 1 amide bonds. The van der Waals surface area contributed by atoms with Gasteiger partial charge in [0.15, 0.2) is 0 Å². The van der Waals surface area contributed by atoms with Crippen LogP contribution in [0.2, 0.25) is 0 Å². The van der Waals surface area contributed by atoms with Gasteiger partial charge in [0.25, 0.3) is 0 Å². The summed E-state index contributed by atoms with van der Waals surface area (Å²) in [5.74, 6) is 0.575. The Morgan fingerprint density at radius 2 is 1.73 bits per heavy atom. The van der Waals surface area contributed by atoms with Crippen molar-refractivity contribution in [3.8, 4) is 22.6 Å². The average Bonchev–Trinajstić information content (AvgIpc) is 3.44. The Labute approximate surface area is 281 Å². The first-order valence-corrected chi connectivity index (χ1v) is 17.2. The van der Waals surface area contributed by atoms with Gasteiger partial charge in [-0.25, -0.2) is 14.3 Å². The standard InChI is InChI=1S/C37H46N6O5/c1-23(24-10-6-5-7-11-24)47-29-15-9-13-26(17-29)25-12-8-14-27(16-25)43-34(32(19-38-43)35(44)45)31-18-30(31)33-22-42(40-39-33)28-20-41(21-28)36(46)48-37(2,3)4/h8-9,12-17,19,22-24,28,30-31,39-40H,5-7,10-11,18,20-21H2,1-4H3,(H,44,45)/t23-,30+,31+/m0/s1. The number of likely N-dealkylation sites (tertiary alicyclic amines) is 1. The van der Waals surface area contributed by atoms with E-state index in [-0.39, 0.29) is 35.6 Å². The third kappa shape index (κ3) is 6.74. The van der Waals surface area contributed by atoms with E-state index in [0.717, 1.165) is 34.7 Å². The van der Waals surface area contributed by atoms with Crippen molar-refractivity contribution in [2.75, 3.05) is 13.1 Å². The van der Waals surface area contributed by atoms with Crippen LogP contribution >= 0.6 is 0 Å². The number of allylic oxidation sites excluding steroid dienone is 1. The lowest BCUT2D eigenvalue weighted by Gasteiger charge is -2.43. The Morgan fingerprint density at radius 1 is 1.00 bits per heavy atom. The minimum Gasteiger partial charge on any atom is -0.490 e. The number of carboxylic acid groups (broad SMARTS) is 1. The lowest BCUT2D eigenvalue weighted by molar-refractivity contribution is -0.0148. The van der Waals surface area contributed by atoms with Crippen LogP contribution in [0.25, 0.3) is 16.8 Å². The van der Waals surface area contributed by atoms with Crippen LogP contribution in [-0.2, 0) is 4.74 Å². The van der Waals surface area contributed by atoms with Crippen molar-refractivity contribution in [3.63, 3.8) is 0 Å². The number of nitrogens with zero attached hydrogens (tertiary/aromatic N) is 4. The maximum Gasteiger partial charge on any atom is 0.410 e. The molecular formula is C37H46N6O5. The number of carbonyl (C=O) groups excluding carboxylic acids is 1. The molecule has 3 aromatic rings. The molecule has 3 atom stereocenters. The number of amides is 1. The van der Waals surface area contributed by atoms with Crippen LogP contribution in [0.5, 0.6) is 5.75 Å². The third-order valence-corrected chi connectivity index (χ3v) is 9.99. The van der Waals surface area contributed by atoms with Gasteiger partial charge in [0.05, 0.1) is 29.7 Å². The normalized spacial score (nSPS) is 22.0. The summed E-state index contributed by atoms with van der Waals surface area (Å²) < 4.78 is 13.7. The summed E-state index contributed by atoms with van der Waals surface area (Å²) in [6.45, 7) is 8.89. The van der Waals surface area contributed by atoms with E-state index in [1.807, 2.05) is 56.2 Å². The molecule has 0 bridgehead atoms. The number of carbonyl (C=O) groups is 2. The SMILES string of the molecule is C[C@H](Oc1cccc(-c2cccc(-n3ncc(C(=O)O)c3[C@@H]3C[C@H]3C3=CN(C4CN(C(=O)OC(C)(C)C)C4)NN3)c2)c1)C1CCCCC1. The smallest absolute Gasteiger partial charge is 0.410 e. The van der Waals surface area contributed by atoms with Gasteiger partial charge in [-0.2, -0.15) is 5.10 Å². The number of aromatic carboxylic acids is 1.